The first-order valence-corrected chi connectivity index (χ1v) is 6.93. The van der Waals surface area contributed by atoms with Gasteiger partial charge in [-0.25, -0.2) is 14.1 Å². The van der Waals surface area contributed by atoms with Gasteiger partial charge in [-0.2, -0.15) is 10.1 Å². The van der Waals surface area contributed by atoms with Crippen molar-refractivity contribution in [1.29, 1.82) is 0 Å². The first-order chi connectivity index (χ1) is 10.5. The summed E-state index contributed by atoms with van der Waals surface area (Å²) in [5.41, 5.74) is 3.30. The van der Waals surface area contributed by atoms with E-state index in [1.807, 2.05) is 26.8 Å². The smallest absolute Gasteiger partial charge is 0.252 e. The molecule has 1 N–H and O–H groups in total. The number of nitrogens with one attached hydrogen (secondary N) is 1. The lowest BCUT2D eigenvalue weighted by Crippen LogP contribution is -2.08. The lowest BCUT2D eigenvalue weighted by atomic mass is 10.3. The van der Waals surface area contributed by atoms with Gasteiger partial charge in [0, 0.05) is 23.1 Å². The summed E-state index contributed by atoms with van der Waals surface area (Å²) in [4.78, 5) is 8.87. The van der Waals surface area contributed by atoms with Crippen LogP contribution in [-0.2, 0) is 0 Å². The van der Waals surface area contributed by atoms with Crippen molar-refractivity contribution >= 4 is 11.5 Å². The predicted molar refractivity (Wildman–Crippen MR) is 83.0 cm³/mol. The van der Waals surface area contributed by atoms with Gasteiger partial charge >= 0.3 is 0 Å². The number of aryl methyl sites for hydroxylation is 3. The van der Waals surface area contributed by atoms with E-state index in [0.717, 1.165) is 17.1 Å². The Morgan fingerprint density at radius 3 is 2.50 bits per heavy atom. The third-order valence-corrected chi connectivity index (χ3v) is 3.14. The number of rotatable bonds is 3. The van der Waals surface area contributed by atoms with Crippen LogP contribution in [0, 0.1) is 26.6 Å². The van der Waals surface area contributed by atoms with Crippen molar-refractivity contribution in [1.82, 2.24) is 19.7 Å². The van der Waals surface area contributed by atoms with Crippen molar-refractivity contribution < 1.29 is 4.39 Å². The van der Waals surface area contributed by atoms with Gasteiger partial charge in [0.05, 0.1) is 5.69 Å². The maximum atomic E-state index is 13.3. The van der Waals surface area contributed by atoms with Gasteiger partial charge in [0.15, 0.2) is 0 Å². The second kappa shape index (κ2) is 5.55. The highest BCUT2D eigenvalue weighted by atomic mass is 19.1. The van der Waals surface area contributed by atoms with Gasteiger partial charge in [-0.15, -0.1) is 0 Å². The van der Waals surface area contributed by atoms with Gasteiger partial charge in [0.1, 0.15) is 11.6 Å². The lowest BCUT2D eigenvalue weighted by Gasteiger charge is -2.09. The van der Waals surface area contributed by atoms with E-state index in [4.69, 9.17) is 0 Å². The quantitative estimate of drug-likeness (QED) is 0.804. The molecule has 3 rings (SSSR count). The molecule has 5 nitrogen and oxygen atoms in total. The van der Waals surface area contributed by atoms with Crippen LogP contribution in [0.4, 0.5) is 15.9 Å². The molecular weight excluding hydrogens is 281 g/mol. The first-order valence-electron chi connectivity index (χ1n) is 6.93. The summed E-state index contributed by atoms with van der Waals surface area (Å²) < 4.78 is 15.0. The third kappa shape index (κ3) is 2.95. The van der Waals surface area contributed by atoms with Crippen molar-refractivity contribution in [2.75, 3.05) is 5.32 Å². The van der Waals surface area contributed by atoms with Gasteiger partial charge in [-0.05, 0) is 45.0 Å². The zero-order chi connectivity index (χ0) is 15.7. The lowest BCUT2D eigenvalue weighted by molar-refractivity contribution is 0.628. The minimum absolute atomic E-state index is 0.297. The number of anilines is 2. The number of hydrogen-bond acceptors (Lipinski definition) is 4. The van der Waals surface area contributed by atoms with Crippen molar-refractivity contribution in [3.63, 3.8) is 0 Å². The Labute approximate surface area is 127 Å². The molecule has 0 unspecified atom stereocenters. The monoisotopic (exact) mass is 297 g/mol. The molecule has 0 radical (unpaired) electrons. The second-order valence-corrected chi connectivity index (χ2v) is 5.17. The van der Waals surface area contributed by atoms with E-state index in [9.17, 15) is 4.39 Å². The summed E-state index contributed by atoms with van der Waals surface area (Å²) in [6, 6.07) is 10.0. The Balaban J connectivity index is 1.98. The van der Waals surface area contributed by atoms with Crippen LogP contribution in [0.1, 0.15) is 17.1 Å². The first kappa shape index (κ1) is 14.2. The Kier molecular flexibility index (Phi) is 3.58. The van der Waals surface area contributed by atoms with Gasteiger partial charge in [-0.3, -0.25) is 0 Å². The van der Waals surface area contributed by atoms with E-state index < -0.39 is 0 Å². The Bertz CT molecular complexity index is 825. The van der Waals surface area contributed by atoms with Crippen LogP contribution in [0.5, 0.6) is 0 Å². The molecule has 0 aliphatic carbocycles. The van der Waals surface area contributed by atoms with Gasteiger partial charge < -0.3 is 5.32 Å². The fraction of sp³-hybridized carbons (Fsp3) is 0.188. The minimum atomic E-state index is -0.297. The summed E-state index contributed by atoms with van der Waals surface area (Å²) in [5.74, 6) is 0.791. The van der Waals surface area contributed by atoms with E-state index in [2.05, 4.69) is 20.4 Å². The van der Waals surface area contributed by atoms with Gasteiger partial charge in [0.2, 0.25) is 0 Å². The molecule has 2 aromatic heterocycles. The van der Waals surface area contributed by atoms with Crippen LogP contribution >= 0.6 is 0 Å². The Morgan fingerprint density at radius 2 is 1.82 bits per heavy atom. The summed E-state index contributed by atoms with van der Waals surface area (Å²) in [6.45, 7) is 5.75. The van der Waals surface area contributed by atoms with Crippen molar-refractivity contribution in [3.05, 3.63) is 59.3 Å². The molecule has 0 aliphatic heterocycles. The summed E-state index contributed by atoms with van der Waals surface area (Å²) in [7, 11) is 0. The van der Waals surface area contributed by atoms with Gasteiger partial charge in [0.25, 0.3) is 5.95 Å². The number of aromatic nitrogens is 4. The molecule has 22 heavy (non-hydrogen) atoms. The molecule has 3 aromatic rings. The van der Waals surface area contributed by atoms with Crippen LogP contribution in [0.25, 0.3) is 5.95 Å². The zero-order valence-corrected chi connectivity index (χ0v) is 12.6. The predicted octanol–water partition coefficient (Wildman–Crippen LogP) is 3.47. The highest BCUT2D eigenvalue weighted by molar-refractivity contribution is 5.56. The molecule has 0 atom stereocenters. The van der Waals surface area contributed by atoms with Crippen LogP contribution in [0.3, 0.4) is 0 Å². The minimum Gasteiger partial charge on any atom is -0.340 e. The zero-order valence-electron chi connectivity index (χ0n) is 12.6. The van der Waals surface area contributed by atoms with Crippen LogP contribution < -0.4 is 5.32 Å². The van der Waals surface area contributed by atoms with E-state index in [1.54, 1.807) is 22.9 Å². The Hall–Kier alpha value is -2.76. The van der Waals surface area contributed by atoms with Crippen molar-refractivity contribution in [2.45, 2.75) is 20.8 Å². The normalized spacial score (nSPS) is 10.7. The van der Waals surface area contributed by atoms with Gasteiger partial charge in [-0.1, -0.05) is 6.07 Å². The van der Waals surface area contributed by atoms with Crippen molar-refractivity contribution in [3.8, 4) is 5.95 Å². The molecule has 0 amide bonds. The summed E-state index contributed by atoms with van der Waals surface area (Å²) in [6.07, 6.45) is 0. The third-order valence-electron chi connectivity index (χ3n) is 3.14. The maximum Gasteiger partial charge on any atom is 0.252 e. The maximum absolute atomic E-state index is 13.3. The average Bonchev–Trinajstić information content (AvgIpc) is 2.77. The van der Waals surface area contributed by atoms with E-state index in [1.165, 1.54) is 12.1 Å². The average molecular weight is 297 g/mol. The number of halogens is 1. The molecular formula is C16H16FN5. The molecule has 6 heteroatoms. The standard InChI is InChI=1S/C16H16FN5/c1-10-8-15(19-14-6-4-5-13(17)9-14)20-16(18-10)22-12(3)7-11(2)21-22/h4-9H,1-3H3,(H,18,19,20). The molecule has 112 valence electrons. The molecule has 0 spiro atoms. The van der Waals surface area contributed by atoms with E-state index in [-0.39, 0.29) is 5.82 Å². The largest absolute Gasteiger partial charge is 0.340 e. The molecule has 0 bridgehead atoms. The molecule has 1 aromatic carbocycles. The van der Waals surface area contributed by atoms with Crippen LogP contribution in [0.15, 0.2) is 36.4 Å². The summed E-state index contributed by atoms with van der Waals surface area (Å²) >= 11 is 0. The van der Waals surface area contributed by atoms with E-state index >= 15 is 0 Å². The fourth-order valence-electron chi connectivity index (χ4n) is 2.26. The molecule has 2 heterocycles. The molecule has 0 fully saturated rings. The molecule has 0 saturated carbocycles. The van der Waals surface area contributed by atoms with E-state index in [0.29, 0.717) is 17.5 Å². The topological polar surface area (TPSA) is 55.6 Å². The number of benzene rings is 1. The highest BCUT2D eigenvalue weighted by Crippen LogP contribution is 2.18. The SMILES string of the molecule is Cc1cc(Nc2cccc(F)c2)nc(-n2nc(C)cc2C)n1. The summed E-state index contributed by atoms with van der Waals surface area (Å²) in [5, 5.41) is 7.48. The van der Waals surface area contributed by atoms with Crippen molar-refractivity contribution in [2.24, 2.45) is 0 Å². The molecule has 0 aliphatic rings. The number of hydrogen-bond donors (Lipinski definition) is 1. The Morgan fingerprint density at radius 1 is 1.00 bits per heavy atom. The highest BCUT2D eigenvalue weighted by Gasteiger charge is 2.09. The van der Waals surface area contributed by atoms with Crippen LogP contribution in [0.2, 0.25) is 0 Å². The fourth-order valence-corrected chi connectivity index (χ4v) is 2.26. The van der Waals surface area contributed by atoms with Crippen LogP contribution in [-0.4, -0.2) is 19.7 Å². The molecule has 0 saturated heterocycles. The second-order valence-electron chi connectivity index (χ2n) is 5.17. The number of nitrogens with zero attached hydrogens (tertiary/aromatic N) is 4.